The van der Waals surface area contributed by atoms with Crippen LogP contribution in [0.1, 0.15) is 63.9 Å². The molecule has 0 heterocycles. The number of benzene rings is 1. The van der Waals surface area contributed by atoms with Crippen LogP contribution in [0.3, 0.4) is 0 Å². The van der Waals surface area contributed by atoms with Gasteiger partial charge in [0.1, 0.15) is 0 Å². The lowest BCUT2D eigenvalue weighted by molar-refractivity contribution is -0.149. The zero-order valence-electron chi connectivity index (χ0n) is 13.8. The second kappa shape index (κ2) is 7.77. The van der Waals surface area contributed by atoms with Crippen molar-refractivity contribution in [2.45, 2.75) is 64.3 Å². The summed E-state index contributed by atoms with van der Waals surface area (Å²) in [4.78, 5) is 11.7. The predicted octanol–water partition coefficient (Wildman–Crippen LogP) is 4.19. The highest BCUT2D eigenvalue weighted by Crippen LogP contribution is 2.34. The number of hydrogen-bond donors (Lipinski definition) is 2. The summed E-state index contributed by atoms with van der Waals surface area (Å²) in [6, 6.07) is 11.1. The maximum absolute atomic E-state index is 11.7. The molecular formula is C19H29NO2. The first-order valence-corrected chi connectivity index (χ1v) is 8.64. The van der Waals surface area contributed by atoms with Gasteiger partial charge in [0.2, 0.25) is 0 Å². The first-order chi connectivity index (χ1) is 10.6. The van der Waals surface area contributed by atoms with Crippen LogP contribution in [0.15, 0.2) is 30.3 Å². The fraction of sp³-hybridized carbons (Fsp3) is 0.632. The number of carboxylic acid groups (broad SMARTS) is 1. The van der Waals surface area contributed by atoms with E-state index in [4.69, 9.17) is 0 Å². The zero-order valence-corrected chi connectivity index (χ0v) is 13.8. The van der Waals surface area contributed by atoms with Crippen LogP contribution in [0.2, 0.25) is 0 Å². The standard InChI is InChI=1S/C19H29NO2/c1-3-19(4-2,18(21)22)14-20-17-13-9-8-12-16(17)15-10-6-5-7-11-15/h5-7,10-11,16-17,20H,3-4,8-9,12-14H2,1-2H3,(H,21,22). The van der Waals surface area contributed by atoms with Crippen molar-refractivity contribution in [1.29, 1.82) is 0 Å². The van der Waals surface area contributed by atoms with Crippen LogP contribution in [0.25, 0.3) is 0 Å². The summed E-state index contributed by atoms with van der Waals surface area (Å²) >= 11 is 0. The smallest absolute Gasteiger partial charge is 0.310 e. The van der Waals surface area contributed by atoms with Crippen molar-refractivity contribution in [3.8, 4) is 0 Å². The first-order valence-electron chi connectivity index (χ1n) is 8.64. The Morgan fingerprint density at radius 1 is 1.18 bits per heavy atom. The molecule has 2 rings (SSSR count). The Bertz CT molecular complexity index is 468. The van der Waals surface area contributed by atoms with Crippen LogP contribution in [0.4, 0.5) is 0 Å². The largest absolute Gasteiger partial charge is 0.481 e. The lowest BCUT2D eigenvalue weighted by Crippen LogP contribution is -2.46. The molecule has 0 aliphatic heterocycles. The van der Waals surface area contributed by atoms with Gasteiger partial charge in [0.25, 0.3) is 0 Å². The second-order valence-corrected chi connectivity index (χ2v) is 6.58. The molecule has 2 unspecified atom stereocenters. The maximum atomic E-state index is 11.7. The van der Waals surface area contributed by atoms with Gasteiger partial charge in [0, 0.05) is 12.6 Å². The Labute approximate surface area is 134 Å². The third kappa shape index (κ3) is 3.70. The molecule has 3 heteroatoms. The minimum Gasteiger partial charge on any atom is -0.481 e. The molecule has 1 aromatic carbocycles. The maximum Gasteiger partial charge on any atom is 0.310 e. The van der Waals surface area contributed by atoms with E-state index in [-0.39, 0.29) is 0 Å². The molecular weight excluding hydrogens is 274 g/mol. The molecule has 1 aromatic rings. The number of carboxylic acids is 1. The average molecular weight is 303 g/mol. The van der Waals surface area contributed by atoms with Crippen LogP contribution >= 0.6 is 0 Å². The SMILES string of the molecule is CCC(CC)(CNC1CCCCC1c1ccccc1)C(=O)O. The molecule has 3 nitrogen and oxygen atoms in total. The van der Waals surface area contributed by atoms with E-state index in [0.29, 0.717) is 31.3 Å². The topological polar surface area (TPSA) is 49.3 Å². The minimum absolute atomic E-state index is 0.396. The number of aliphatic carboxylic acids is 1. The van der Waals surface area contributed by atoms with Crippen LogP contribution in [0, 0.1) is 5.41 Å². The van der Waals surface area contributed by atoms with E-state index >= 15 is 0 Å². The van der Waals surface area contributed by atoms with Gasteiger partial charge in [0.15, 0.2) is 0 Å². The number of hydrogen-bond acceptors (Lipinski definition) is 2. The van der Waals surface area contributed by atoms with E-state index in [9.17, 15) is 9.90 Å². The molecule has 0 spiro atoms. The van der Waals surface area contributed by atoms with Crippen molar-refractivity contribution in [1.82, 2.24) is 5.32 Å². The second-order valence-electron chi connectivity index (χ2n) is 6.58. The Kier molecular flexibility index (Phi) is 6.01. The van der Waals surface area contributed by atoms with Crippen molar-refractivity contribution < 1.29 is 9.90 Å². The molecule has 1 aliphatic carbocycles. The fourth-order valence-electron chi connectivity index (χ4n) is 3.68. The van der Waals surface area contributed by atoms with Crippen LogP contribution in [-0.4, -0.2) is 23.7 Å². The molecule has 0 radical (unpaired) electrons. The molecule has 122 valence electrons. The highest BCUT2D eigenvalue weighted by atomic mass is 16.4. The number of nitrogens with one attached hydrogen (secondary N) is 1. The van der Waals surface area contributed by atoms with Gasteiger partial charge in [-0.15, -0.1) is 0 Å². The van der Waals surface area contributed by atoms with E-state index in [1.165, 1.54) is 24.8 Å². The van der Waals surface area contributed by atoms with Crippen LogP contribution in [0.5, 0.6) is 0 Å². The quantitative estimate of drug-likeness (QED) is 0.794. The van der Waals surface area contributed by atoms with Gasteiger partial charge in [-0.3, -0.25) is 4.79 Å². The lowest BCUT2D eigenvalue weighted by atomic mass is 9.78. The predicted molar refractivity (Wildman–Crippen MR) is 90.1 cm³/mol. The zero-order chi connectivity index (χ0) is 16.0. The average Bonchev–Trinajstić information content (AvgIpc) is 2.57. The molecule has 2 atom stereocenters. The Morgan fingerprint density at radius 2 is 1.82 bits per heavy atom. The lowest BCUT2D eigenvalue weighted by Gasteiger charge is -2.36. The van der Waals surface area contributed by atoms with E-state index in [1.54, 1.807) is 0 Å². The monoisotopic (exact) mass is 303 g/mol. The molecule has 22 heavy (non-hydrogen) atoms. The Morgan fingerprint density at radius 3 is 2.41 bits per heavy atom. The Balaban J connectivity index is 2.07. The van der Waals surface area contributed by atoms with E-state index < -0.39 is 11.4 Å². The van der Waals surface area contributed by atoms with Gasteiger partial charge in [-0.05, 0) is 37.2 Å². The molecule has 2 N–H and O–H groups in total. The van der Waals surface area contributed by atoms with Crippen molar-refractivity contribution >= 4 is 5.97 Å². The van der Waals surface area contributed by atoms with Crippen molar-refractivity contribution in [2.75, 3.05) is 6.54 Å². The molecule has 1 aliphatic rings. The first kappa shape index (κ1) is 17.0. The summed E-state index contributed by atoms with van der Waals surface area (Å²) in [7, 11) is 0. The molecule has 0 saturated heterocycles. The van der Waals surface area contributed by atoms with Gasteiger partial charge >= 0.3 is 5.97 Å². The van der Waals surface area contributed by atoms with Gasteiger partial charge in [-0.25, -0.2) is 0 Å². The van der Waals surface area contributed by atoms with Crippen molar-refractivity contribution in [3.05, 3.63) is 35.9 Å². The summed E-state index contributed by atoms with van der Waals surface area (Å²) < 4.78 is 0. The molecule has 0 bridgehead atoms. The van der Waals surface area contributed by atoms with Gasteiger partial charge in [0.05, 0.1) is 5.41 Å². The van der Waals surface area contributed by atoms with Crippen molar-refractivity contribution in [3.63, 3.8) is 0 Å². The summed E-state index contributed by atoms with van der Waals surface area (Å²) in [5.74, 6) is -0.160. The molecule has 1 saturated carbocycles. The van der Waals surface area contributed by atoms with Gasteiger partial charge in [-0.2, -0.15) is 0 Å². The fourth-order valence-corrected chi connectivity index (χ4v) is 3.68. The molecule has 0 amide bonds. The molecule has 0 aromatic heterocycles. The third-order valence-electron chi connectivity index (χ3n) is 5.50. The minimum atomic E-state index is -0.669. The third-order valence-corrected chi connectivity index (χ3v) is 5.50. The summed E-state index contributed by atoms with van der Waals surface area (Å²) in [5, 5.41) is 13.2. The normalized spacial score (nSPS) is 22.5. The Hall–Kier alpha value is -1.35. The highest BCUT2D eigenvalue weighted by Gasteiger charge is 2.36. The summed E-state index contributed by atoms with van der Waals surface area (Å²) in [6.07, 6.45) is 6.19. The number of carbonyl (C=O) groups is 1. The van der Waals surface area contributed by atoms with Crippen LogP contribution < -0.4 is 5.32 Å². The van der Waals surface area contributed by atoms with Crippen LogP contribution in [-0.2, 0) is 4.79 Å². The van der Waals surface area contributed by atoms with E-state index in [1.807, 2.05) is 13.8 Å². The van der Waals surface area contributed by atoms with Gasteiger partial charge in [-0.1, -0.05) is 57.0 Å². The van der Waals surface area contributed by atoms with Gasteiger partial charge < -0.3 is 10.4 Å². The summed E-state index contributed by atoms with van der Waals surface area (Å²) in [6.45, 7) is 4.53. The number of rotatable bonds is 7. The van der Waals surface area contributed by atoms with E-state index in [2.05, 4.69) is 35.6 Å². The molecule has 1 fully saturated rings. The van der Waals surface area contributed by atoms with E-state index in [0.717, 1.165) is 6.42 Å². The summed E-state index contributed by atoms with van der Waals surface area (Å²) in [5.41, 5.74) is 0.757. The van der Waals surface area contributed by atoms with Crippen molar-refractivity contribution in [2.24, 2.45) is 5.41 Å². The highest BCUT2D eigenvalue weighted by molar-refractivity contribution is 5.74.